The number of halogens is 1. The van der Waals surface area contributed by atoms with Crippen LogP contribution in [0.3, 0.4) is 0 Å². The maximum atomic E-state index is 12.3. The lowest BCUT2D eigenvalue weighted by Crippen LogP contribution is -2.49. The van der Waals surface area contributed by atoms with Gasteiger partial charge in [-0.15, -0.1) is 0 Å². The summed E-state index contributed by atoms with van der Waals surface area (Å²) in [6, 6.07) is 12.9. The lowest BCUT2D eigenvalue weighted by molar-refractivity contribution is -0.0164. The predicted molar refractivity (Wildman–Crippen MR) is 105 cm³/mol. The van der Waals surface area contributed by atoms with Crippen LogP contribution in [0, 0.1) is 0 Å². The molecule has 1 aliphatic rings. The largest absolute Gasteiger partial charge is 0.476 e. The van der Waals surface area contributed by atoms with Crippen LogP contribution in [0.25, 0.3) is 22.1 Å². The number of hydrogen-bond acceptors (Lipinski definition) is 5. The molecule has 6 heteroatoms. The van der Waals surface area contributed by atoms with E-state index in [0.717, 1.165) is 22.1 Å². The Morgan fingerprint density at radius 2 is 1.96 bits per heavy atom. The van der Waals surface area contributed by atoms with E-state index in [1.165, 1.54) is 6.07 Å². The van der Waals surface area contributed by atoms with Crippen molar-refractivity contribution in [1.82, 2.24) is 4.90 Å². The molecule has 2 heterocycles. The van der Waals surface area contributed by atoms with Crippen LogP contribution in [0.5, 0.6) is 5.75 Å². The highest BCUT2D eigenvalue weighted by Crippen LogP contribution is 2.42. The smallest absolute Gasteiger partial charge is 0.336 e. The van der Waals surface area contributed by atoms with Gasteiger partial charge >= 0.3 is 5.63 Å². The molecule has 27 heavy (non-hydrogen) atoms. The average molecular weight is 386 g/mol. The number of benzene rings is 2. The minimum Gasteiger partial charge on any atom is -0.476 e. The quantitative estimate of drug-likeness (QED) is 0.689. The van der Waals surface area contributed by atoms with Gasteiger partial charge in [0.2, 0.25) is 0 Å². The highest BCUT2D eigenvalue weighted by molar-refractivity contribution is 6.33. The first-order valence-corrected chi connectivity index (χ1v) is 9.12. The first-order chi connectivity index (χ1) is 12.9. The molecule has 0 atom stereocenters. The molecule has 0 spiro atoms. The van der Waals surface area contributed by atoms with Crippen LogP contribution in [0.4, 0.5) is 0 Å². The highest BCUT2D eigenvalue weighted by Gasteiger charge is 2.33. The van der Waals surface area contributed by atoms with Crippen LogP contribution < -0.4 is 10.4 Å². The van der Waals surface area contributed by atoms with Gasteiger partial charge in [0.1, 0.15) is 18.1 Å². The number of fused-ring (bicyclic) bond motifs is 3. The predicted octanol–water partition coefficient (Wildman–Crippen LogP) is 4.04. The summed E-state index contributed by atoms with van der Waals surface area (Å²) in [6.45, 7) is 4.60. The van der Waals surface area contributed by atoms with Gasteiger partial charge in [-0.1, -0.05) is 41.9 Å². The molecule has 1 aliphatic heterocycles. The lowest BCUT2D eigenvalue weighted by atomic mass is 9.97. The number of aliphatic hydroxyl groups excluding tert-OH is 1. The molecule has 0 radical (unpaired) electrons. The molecule has 0 unspecified atom stereocenters. The Bertz CT molecular complexity index is 1060. The number of aliphatic hydroxyl groups is 1. The Morgan fingerprint density at radius 3 is 2.67 bits per heavy atom. The van der Waals surface area contributed by atoms with E-state index in [0.29, 0.717) is 29.6 Å². The van der Waals surface area contributed by atoms with Crippen LogP contribution in [-0.2, 0) is 6.54 Å². The zero-order valence-electron chi connectivity index (χ0n) is 15.2. The molecule has 0 bridgehead atoms. The molecular weight excluding hydrogens is 366 g/mol. The van der Waals surface area contributed by atoms with Crippen molar-refractivity contribution >= 4 is 22.6 Å². The number of hydrogen-bond donors (Lipinski definition) is 1. The molecule has 0 fully saturated rings. The van der Waals surface area contributed by atoms with Crippen LogP contribution in [-0.4, -0.2) is 28.9 Å². The summed E-state index contributed by atoms with van der Waals surface area (Å²) in [5.74, 6) is 0.530. The SMILES string of the molecule is CC(C)(CO)N1COc2c(Cl)cc3c(-c4ccccc4)cc(=O)oc3c2C1. The summed E-state index contributed by atoms with van der Waals surface area (Å²) in [4.78, 5) is 14.3. The van der Waals surface area contributed by atoms with Crippen LogP contribution in [0.1, 0.15) is 19.4 Å². The molecular formula is C21H20ClNO4. The molecule has 1 aromatic heterocycles. The summed E-state index contributed by atoms with van der Waals surface area (Å²) >= 11 is 6.50. The van der Waals surface area contributed by atoms with E-state index in [1.807, 2.05) is 49.1 Å². The Morgan fingerprint density at radius 1 is 1.22 bits per heavy atom. The minimum atomic E-state index is -0.482. The van der Waals surface area contributed by atoms with Crippen molar-refractivity contribution in [2.75, 3.05) is 13.3 Å². The van der Waals surface area contributed by atoms with Crippen LogP contribution in [0.15, 0.2) is 51.7 Å². The van der Waals surface area contributed by atoms with E-state index in [-0.39, 0.29) is 6.61 Å². The van der Waals surface area contributed by atoms with Gasteiger partial charge in [-0.25, -0.2) is 4.79 Å². The Balaban J connectivity index is 1.96. The van der Waals surface area contributed by atoms with Gasteiger partial charge in [0.25, 0.3) is 0 Å². The molecule has 5 nitrogen and oxygen atoms in total. The summed E-state index contributed by atoms with van der Waals surface area (Å²) in [6.07, 6.45) is 0. The molecule has 0 amide bonds. The second-order valence-corrected chi connectivity index (χ2v) is 7.74. The van der Waals surface area contributed by atoms with Crippen molar-refractivity contribution in [3.05, 3.63) is 63.5 Å². The number of ether oxygens (including phenoxy) is 1. The van der Waals surface area contributed by atoms with Crippen LogP contribution in [0.2, 0.25) is 5.02 Å². The van der Waals surface area contributed by atoms with Gasteiger partial charge in [-0.3, -0.25) is 4.90 Å². The lowest BCUT2D eigenvalue weighted by Gasteiger charge is -2.40. The van der Waals surface area contributed by atoms with E-state index in [1.54, 1.807) is 6.07 Å². The molecule has 0 aliphatic carbocycles. The zero-order valence-corrected chi connectivity index (χ0v) is 15.9. The Labute approximate surface area is 161 Å². The third kappa shape index (κ3) is 3.12. The van der Waals surface area contributed by atoms with E-state index >= 15 is 0 Å². The topological polar surface area (TPSA) is 62.9 Å². The maximum Gasteiger partial charge on any atom is 0.336 e. The molecule has 3 aromatic rings. The van der Waals surface area contributed by atoms with E-state index in [9.17, 15) is 9.90 Å². The molecule has 4 rings (SSSR count). The molecule has 0 saturated carbocycles. The fourth-order valence-corrected chi connectivity index (χ4v) is 3.61. The van der Waals surface area contributed by atoms with Gasteiger partial charge in [0, 0.05) is 23.5 Å². The highest BCUT2D eigenvalue weighted by atomic mass is 35.5. The maximum absolute atomic E-state index is 12.3. The minimum absolute atomic E-state index is 0.0244. The van der Waals surface area contributed by atoms with E-state index < -0.39 is 11.2 Å². The third-order valence-electron chi connectivity index (χ3n) is 5.08. The van der Waals surface area contributed by atoms with Gasteiger partial charge in [0.15, 0.2) is 0 Å². The van der Waals surface area contributed by atoms with Crippen molar-refractivity contribution < 1.29 is 14.3 Å². The molecule has 2 aromatic carbocycles. The average Bonchev–Trinajstić information content (AvgIpc) is 2.68. The van der Waals surface area contributed by atoms with E-state index in [4.69, 9.17) is 20.8 Å². The fraction of sp³-hybridized carbons (Fsp3) is 0.286. The summed E-state index contributed by atoms with van der Waals surface area (Å²) in [7, 11) is 0. The van der Waals surface area contributed by atoms with Crippen molar-refractivity contribution in [3.63, 3.8) is 0 Å². The zero-order chi connectivity index (χ0) is 19.2. The Hall–Kier alpha value is -2.34. The van der Waals surface area contributed by atoms with E-state index in [2.05, 4.69) is 0 Å². The first kappa shape index (κ1) is 18.0. The first-order valence-electron chi connectivity index (χ1n) is 8.74. The third-order valence-corrected chi connectivity index (χ3v) is 5.36. The molecule has 0 saturated heterocycles. The van der Waals surface area contributed by atoms with Crippen molar-refractivity contribution in [2.24, 2.45) is 0 Å². The summed E-state index contributed by atoms with van der Waals surface area (Å²) in [5.41, 5.74) is 1.97. The monoisotopic (exact) mass is 385 g/mol. The number of rotatable bonds is 3. The fourth-order valence-electron chi connectivity index (χ4n) is 3.33. The summed E-state index contributed by atoms with van der Waals surface area (Å²) < 4.78 is 11.5. The van der Waals surface area contributed by atoms with Crippen molar-refractivity contribution in [3.8, 4) is 16.9 Å². The van der Waals surface area contributed by atoms with Crippen molar-refractivity contribution in [2.45, 2.75) is 25.9 Å². The van der Waals surface area contributed by atoms with Gasteiger partial charge in [0.05, 0.1) is 17.2 Å². The second-order valence-electron chi connectivity index (χ2n) is 7.33. The normalized spacial score (nSPS) is 14.8. The standard InChI is InChI=1S/C21H20ClNO4/c1-21(2,11-24)23-10-16-19-15(8-17(22)20(16)26-12-23)14(9-18(25)27-19)13-6-4-3-5-7-13/h3-9,24H,10-12H2,1-2H3. The van der Waals surface area contributed by atoms with Gasteiger partial charge in [-0.2, -0.15) is 0 Å². The van der Waals surface area contributed by atoms with Crippen molar-refractivity contribution in [1.29, 1.82) is 0 Å². The summed E-state index contributed by atoms with van der Waals surface area (Å²) in [5, 5.41) is 10.9. The van der Waals surface area contributed by atoms with Gasteiger partial charge in [-0.05, 0) is 31.0 Å². The number of nitrogens with zero attached hydrogens (tertiary/aromatic N) is 1. The van der Waals surface area contributed by atoms with Gasteiger partial charge < -0.3 is 14.3 Å². The van der Waals surface area contributed by atoms with Crippen LogP contribution >= 0.6 is 11.6 Å². The second kappa shape index (κ2) is 6.68. The molecule has 1 N–H and O–H groups in total. The molecule has 140 valence electrons. The Kier molecular flexibility index (Phi) is 4.46.